The molecule has 0 bridgehead atoms. The second kappa shape index (κ2) is 5.07. The maximum absolute atomic E-state index is 2.36. The van der Waals surface area contributed by atoms with E-state index in [1.807, 2.05) is 0 Å². The van der Waals surface area contributed by atoms with Crippen LogP contribution in [0.3, 0.4) is 0 Å². The highest BCUT2D eigenvalue weighted by Gasteiger charge is 2.10. The molecule has 5 aromatic carbocycles. The van der Waals surface area contributed by atoms with Crippen LogP contribution in [0.2, 0.25) is 0 Å². The Balaban J connectivity index is 2.04. The first-order chi connectivity index (χ1) is 11.9. The second-order valence-corrected chi connectivity index (χ2v) is 6.47. The molecular formula is C24H18. The first-order valence-corrected chi connectivity index (χ1v) is 8.61. The Kier molecular flexibility index (Phi) is 2.87. The van der Waals surface area contributed by atoms with Crippen molar-refractivity contribution in [2.45, 2.75) is 13.3 Å². The molecule has 114 valence electrons. The maximum Gasteiger partial charge on any atom is -0.00960 e. The SMILES string of the molecule is CCc1c2ccccc2cc2c1ccc1c3ccccc3ccc21. The van der Waals surface area contributed by atoms with Gasteiger partial charge in [-0.25, -0.2) is 0 Å². The number of rotatable bonds is 1. The van der Waals surface area contributed by atoms with Crippen LogP contribution in [0.15, 0.2) is 78.9 Å². The van der Waals surface area contributed by atoms with Crippen LogP contribution in [0, 0.1) is 0 Å². The second-order valence-electron chi connectivity index (χ2n) is 6.47. The van der Waals surface area contributed by atoms with Crippen molar-refractivity contribution in [3.8, 4) is 0 Å². The topological polar surface area (TPSA) is 0 Å². The molecule has 0 nitrogen and oxygen atoms in total. The Hall–Kier alpha value is -2.86. The van der Waals surface area contributed by atoms with Crippen molar-refractivity contribution in [1.29, 1.82) is 0 Å². The average molecular weight is 306 g/mol. The standard InChI is InChI=1S/C24H18/c1-2-18-20-10-6-4-8-17(20)15-24-21(18)13-14-22-19-9-5-3-7-16(19)11-12-23(22)24/h3-15H,2H2,1H3. The van der Waals surface area contributed by atoms with Gasteiger partial charge in [0.15, 0.2) is 0 Å². The lowest BCUT2D eigenvalue weighted by Gasteiger charge is -2.13. The van der Waals surface area contributed by atoms with Crippen LogP contribution in [0.4, 0.5) is 0 Å². The molecule has 0 heterocycles. The van der Waals surface area contributed by atoms with Crippen molar-refractivity contribution >= 4 is 43.1 Å². The minimum Gasteiger partial charge on any atom is -0.0616 e. The van der Waals surface area contributed by atoms with E-state index in [1.54, 1.807) is 0 Å². The van der Waals surface area contributed by atoms with Crippen molar-refractivity contribution in [1.82, 2.24) is 0 Å². The summed E-state index contributed by atoms with van der Waals surface area (Å²) < 4.78 is 0. The summed E-state index contributed by atoms with van der Waals surface area (Å²) in [6, 6.07) is 28.9. The number of aryl methyl sites for hydroxylation is 1. The first-order valence-electron chi connectivity index (χ1n) is 8.61. The van der Waals surface area contributed by atoms with Crippen molar-refractivity contribution in [3.63, 3.8) is 0 Å². The Morgan fingerprint density at radius 2 is 1.12 bits per heavy atom. The maximum atomic E-state index is 2.36. The molecule has 24 heavy (non-hydrogen) atoms. The van der Waals surface area contributed by atoms with E-state index < -0.39 is 0 Å². The molecule has 0 radical (unpaired) electrons. The molecule has 0 spiro atoms. The molecule has 0 aliphatic heterocycles. The monoisotopic (exact) mass is 306 g/mol. The normalized spacial score (nSPS) is 11.7. The zero-order chi connectivity index (χ0) is 16.1. The van der Waals surface area contributed by atoms with Crippen LogP contribution in [-0.2, 0) is 6.42 Å². The summed E-state index contributed by atoms with van der Waals surface area (Å²) in [7, 11) is 0. The predicted molar refractivity (Wildman–Crippen MR) is 106 cm³/mol. The molecule has 0 atom stereocenters. The summed E-state index contributed by atoms with van der Waals surface area (Å²) in [6.45, 7) is 2.26. The molecule has 0 heteroatoms. The molecule has 0 fully saturated rings. The summed E-state index contributed by atoms with van der Waals surface area (Å²) in [5.41, 5.74) is 1.46. The summed E-state index contributed by atoms with van der Waals surface area (Å²) in [4.78, 5) is 0. The molecule has 0 aromatic heterocycles. The van der Waals surface area contributed by atoms with E-state index in [-0.39, 0.29) is 0 Å². The Morgan fingerprint density at radius 3 is 1.96 bits per heavy atom. The van der Waals surface area contributed by atoms with Gasteiger partial charge in [-0.1, -0.05) is 79.7 Å². The van der Waals surface area contributed by atoms with Gasteiger partial charge >= 0.3 is 0 Å². The van der Waals surface area contributed by atoms with Gasteiger partial charge in [0.25, 0.3) is 0 Å². The largest absolute Gasteiger partial charge is 0.0616 e. The molecule has 5 aromatic rings. The quantitative estimate of drug-likeness (QED) is 0.234. The van der Waals surface area contributed by atoms with Crippen LogP contribution in [0.1, 0.15) is 12.5 Å². The van der Waals surface area contributed by atoms with E-state index in [0.29, 0.717) is 0 Å². The number of hydrogen-bond acceptors (Lipinski definition) is 0. The zero-order valence-electron chi connectivity index (χ0n) is 13.7. The predicted octanol–water partition coefficient (Wildman–Crippen LogP) is 6.86. The molecule has 0 saturated heterocycles. The van der Waals surface area contributed by atoms with Gasteiger partial charge in [0, 0.05) is 0 Å². The van der Waals surface area contributed by atoms with Gasteiger partial charge in [0.2, 0.25) is 0 Å². The lowest BCUT2D eigenvalue weighted by molar-refractivity contribution is 1.18. The highest BCUT2D eigenvalue weighted by Crippen LogP contribution is 2.36. The smallest absolute Gasteiger partial charge is 0.00960 e. The highest BCUT2D eigenvalue weighted by molar-refractivity contribution is 6.20. The third-order valence-electron chi connectivity index (χ3n) is 5.23. The number of fused-ring (bicyclic) bond motifs is 6. The minimum atomic E-state index is 1.05. The van der Waals surface area contributed by atoms with E-state index in [0.717, 1.165) is 6.42 Å². The summed E-state index contributed by atoms with van der Waals surface area (Å²) in [5.74, 6) is 0. The molecule has 0 unspecified atom stereocenters. The van der Waals surface area contributed by atoms with Crippen molar-refractivity contribution in [2.24, 2.45) is 0 Å². The van der Waals surface area contributed by atoms with Crippen LogP contribution in [0.5, 0.6) is 0 Å². The van der Waals surface area contributed by atoms with Gasteiger partial charge in [-0.15, -0.1) is 0 Å². The van der Waals surface area contributed by atoms with E-state index >= 15 is 0 Å². The van der Waals surface area contributed by atoms with Crippen molar-refractivity contribution in [2.75, 3.05) is 0 Å². The lowest BCUT2D eigenvalue weighted by Crippen LogP contribution is -1.89. The average Bonchev–Trinajstić information content (AvgIpc) is 2.65. The van der Waals surface area contributed by atoms with E-state index in [9.17, 15) is 0 Å². The Labute approximate surface area is 141 Å². The van der Waals surface area contributed by atoms with Crippen molar-refractivity contribution in [3.05, 3.63) is 84.4 Å². The van der Waals surface area contributed by atoms with E-state index in [4.69, 9.17) is 0 Å². The van der Waals surface area contributed by atoms with Gasteiger partial charge in [-0.05, 0) is 61.1 Å². The summed E-state index contributed by atoms with van der Waals surface area (Å²) in [5, 5.41) is 10.8. The van der Waals surface area contributed by atoms with Gasteiger partial charge in [-0.2, -0.15) is 0 Å². The molecule has 0 amide bonds. The fourth-order valence-electron chi connectivity index (χ4n) is 4.11. The zero-order valence-corrected chi connectivity index (χ0v) is 13.7. The van der Waals surface area contributed by atoms with Gasteiger partial charge in [-0.3, -0.25) is 0 Å². The van der Waals surface area contributed by atoms with E-state index in [1.165, 1.54) is 48.7 Å². The van der Waals surface area contributed by atoms with Crippen LogP contribution in [-0.4, -0.2) is 0 Å². The van der Waals surface area contributed by atoms with Gasteiger partial charge in [0.05, 0.1) is 0 Å². The molecule has 0 saturated carbocycles. The number of benzene rings is 5. The van der Waals surface area contributed by atoms with Crippen LogP contribution in [0.25, 0.3) is 43.1 Å². The Morgan fingerprint density at radius 1 is 0.500 bits per heavy atom. The van der Waals surface area contributed by atoms with Crippen LogP contribution < -0.4 is 0 Å². The summed E-state index contributed by atoms with van der Waals surface area (Å²) in [6.07, 6.45) is 1.05. The highest BCUT2D eigenvalue weighted by atomic mass is 14.1. The molecule has 0 N–H and O–H groups in total. The first kappa shape index (κ1) is 13.6. The van der Waals surface area contributed by atoms with Crippen LogP contribution >= 0.6 is 0 Å². The number of hydrogen-bond donors (Lipinski definition) is 0. The third-order valence-corrected chi connectivity index (χ3v) is 5.23. The van der Waals surface area contributed by atoms with E-state index in [2.05, 4.69) is 85.8 Å². The fraction of sp³-hybridized carbons (Fsp3) is 0.0833. The summed E-state index contributed by atoms with van der Waals surface area (Å²) >= 11 is 0. The van der Waals surface area contributed by atoms with Crippen molar-refractivity contribution < 1.29 is 0 Å². The van der Waals surface area contributed by atoms with Gasteiger partial charge < -0.3 is 0 Å². The Bertz CT molecular complexity index is 1230. The molecule has 5 rings (SSSR count). The van der Waals surface area contributed by atoms with Gasteiger partial charge in [0.1, 0.15) is 0 Å². The molecular weight excluding hydrogens is 288 g/mol. The lowest BCUT2D eigenvalue weighted by atomic mass is 9.91. The molecule has 0 aliphatic rings. The molecule has 0 aliphatic carbocycles. The third kappa shape index (κ3) is 1.80. The fourth-order valence-corrected chi connectivity index (χ4v) is 4.11. The minimum absolute atomic E-state index is 1.05.